The van der Waals surface area contributed by atoms with E-state index >= 15 is 0 Å². The highest BCUT2D eigenvalue weighted by Crippen LogP contribution is 2.19. The number of carbonyl (C=O) groups excluding carboxylic acids is 1. The molecule has 1 unspecified atom stereocenters. The highest BCUT2D eigenvalue weighted by Gasteiger charge is 2.22. The number of fused-ring (bicyclic) bond motifs is 1. The van der Waals surface area contributed by atoms with Crippen LogP contribution in [0.25, 0.3) is 11.0 Å². The van der Waals surface area contributed by atoms with Crippen LogP contribution in [-0.4, -0.2) is 30.0 Å². The third-order valence-electron chi connectivity index (χ3n) is 4.01. The molecule has 25 heavy (non-hydrogen) atoms. The van der Waals surface area contributed by atoms with Gasteiger partial charge in [0.25, 0.3) is 5.91 Å². The monoisotopic (exact) mass is 357 g/mol. The van der Waals surface area contributed by atoms with Gasteiger partial charge in [-0.3, -0.25) is 4.79 Å². The third-order valence-corrected chi connectivity index (χ3v) is 5.80. The molecule has 0 aliphatic carbocycles. The molecule has 0 radical (unpaired) electrons. The van der Waals surface area contributed by atoms with Crippen molar-refractivity contribution in [2.45, 2.75) is 24.8 Å². The molecule has 0 saturated heterocycles. The largest absolute Gasteiger partial charge is 0.342 e. The van der Waals surface area contributed by atoms with Gasteiger partial charge in [0.15, 0.2) is 9.84 Å². The molecule has 0 saturated carbocycles. The second-order valence-electron chi connectivity index (χ2n) is 5.73. The number of para-hydroxylation sites is 2. The molecule has 2 N–H and O–H groups in total. The molecule has 6 nitrogen and oxygen atoms in total. The van der Waals surface area contributed by atoms with Crippen molar-refractivity contribution in [1.29, 1.82) is 0 Å². The fraction of sp³-hybridized carbons (Fsp3) is 0.222. The Hall–Kier alpha value is -2.67. The Kier molecular flexibility index (Phi) is 4.59. The maximum Gasteiger partial charge on any atom is 0.253 e. The molecule has 2 aromatic carbocycles. The van der Waals surface area contributed by atoms with Crippen molar-refractivity contribution in [3.63, 3.8) is 0 Å². The van der Waals surface area contributed by atoms with Crippen molar-refractivity contribution in [2.75, 3.05) is 5.75 Å². The van der Waals surface area contributed by atoms with Gasteiger partial charge in [0, 0.05) is 0 Å². The van der Waals surface area contributed by atoms with E-state index in [4.69, 9.17) is 0 Å². The summed E-state index contributed by atoms with van der Waals surface area (Å²) >= 11 is 0. The number of sulfone groups is 1. The van der Waals surface area contributed by atoms with E-state index in [-0.39, 0.29) is 16.2 Å². The highest BCUT2D eigenvalue weighted by atomic mass is 32.2. The fourth-order valence-electron chi connectivity index (χ4n) is 2.60. The average Bonchev–Trinajstić information content (AvgIpc) is 3.06. The molecule has 3 rings (SSSR count). The van der Waals surface area contributed by atoms with E-state index < -0.39 is 21.8 Å². The number of nitrogens with zero attached hydrogens (tertiary/aromatic N) is 1. The molecule has 0 fully saturated rings. The number of carbonyl (C=O) groups is 1. The van der Waals surface area contributed by atoms with Gasteiger partial charge in [0.05, 0.1) is 33.3 Å². The molecule has 0 bridgehead atoms. The first-order chi connectivity index (χ1) is 11.9. The number of benzene rings is 2. The summed E-state index contributed by atoms with van der Waals surface area (Å²) in [6, 6.07) is 13.4. The lowest BCUT2D eigenvalue weighted by atomic mass is 10.2. The maximum atomic E-state index is 12.6. The number of rotatable bonds is 5. The summed E-state index contributed by atoms with van der Waals surface area (Å²) in [5, 5.41) is 2.81. The summed E-state index contributed by atoms with van der Waals surface area (Å²) in [4.78, 5) is 20.3. The summed E-state index contributed by atoms with van der Waals surface area (Å²) in [6.07, 6.45) is 0. The van der Waals surface area contributed by atoms with Crippen molar-refractivity contribution in [2.24, 2.45) is 0 Å². The smallest absolute Gasteiger partial charge is 0.253 e. The Labute approximate surface area is 146 Å². The van der Waals surface area contributed by atoms with Crippen LogP contribution >= 0.6 is 0 Å². The van der Waals surface area contributed by atoms with E-state index in [1.165, 1.54) is 12.1 Å². The molecule has 0 spiro atoms. The summed E-state index contributed by atoms with van der Waals surface area (Å²) in [5.74, 6) is 0.113. The lowest BCUT2D eigenvalue weighted by Gasteiger charge is -2.14. The van der Waals surface area contributed by atoms with Crippen LogP contribution in [0.15, 0.2) is 53.4 Å². The van der Waals surface area contributed by atoms with Crippen molar-refractivity contribution in [3.8, 4) is 0 Å². The standard InChI is InChI=1S/C18H19N3O3S/c1-3-25(23,24)16-11-7-4-8-13(16)18(22)19-12(2)17-20-14-9-5-6-10-15(14)21-17/h4-12H,3H2,1-2H3,(H,19,22)(H,20,21). The van der Waals surface area contributed by atoms with E-state index in [1.54, 1.807) is 26.0 Å². The van der Waals surface area contributed by atoms with E-state index in [0.717, 1.165) is 11.0 Å². The molecular weight excluding hydrogens is 338 g/mol. The van der Waals surface area contributed by atoms with Crippen LogP contribution in [0.1, 0.15) is 36.1 Å². The van der Waals surface area contributed by atoms with Crippen molar-refractivity contribution < 1.29 is 13.2 Å². The Morgan fingerprint density at radius 1 is 1.16 bits per heavy atom. The number of aromatic amines is 1. The topological polar surface area (TPSA) is 91.9 Å². The summed E-state index contributed by atoms with van der Waals surface area (Å²) in [5.41, 5.74) is 1.84. The van der Waals surface area contributed by atoms with E-state index in [0.29, 0.717) is 5.82 Å². The van der Waals surface area contributed by atoms with Crippen LogP contribution < -0.4 is 5.32 Å². The molecular formula is C18H19N3O3S. The lowest BCUT2D eigenvalue weighted by molar-refractivity contribution is 0.0935. The predicted octanol–water partition coefficient (Wildman–Crippen LogP) is 2.85. The first kappa shape index (κ1) is 17.2. The Morgan fingerprint density at radius 3 is 2.56 bits per heavy atom. The number of hydrogen-bond acceptors (Lipinski definition) is 4. The van der Waals surface area contributed by atoms with Crippen LogP contribution in [0.3, 0.4) is 0 Å². The molecule has 1 heterocycles. The minimum Gasteiger partial charge on any atom is -0.342 e. The number of amides is 1. The summed E-state index contributed by atoms with van der Waals surface area (Å²) in [7, 11) is -3.48. The predicted molar refractivity (Wildman–Crippen MR) is 96.1 cm³/mol. The van der Waals surface area contributed by atoms with E-state index in [2.05, 4.69) is 15.3 Å². The number of imidazole rings is 1. The molecule has 0 aliphatic rings. The van der Waals surface area contributed by atoms with Gasteiger partial charge in [-0.1, -0.05) is 31.2 Å². The number of H-pyrrole nitrogens is 1. The van der Waals surface area contributed by atoms with Gasteiger partial charge in [0.2, 0.25) is 0 Å². The van der Waals surface area contributed by atoms with Gasteiger partial charge in [-0.25, -0.2) is 13.4 Å². The van der Waals surface area contributed by atoms with E-state index in [1.807, 2.05) is 24.3 Å². The minimum atomic E-state index is -3.48. The van der Waals surface area contributed by atoms with Crippen LogP contribution in [0.2, 0.25) is 0 Å². The molecule has 7 heteroatoms. The van der Waals surface area contributed by atoms with Gasteiger partial charge in [-0.15, -0.1) is 0 Å². The van der Waals surface area contributed by atoms with Crippen LogP contribution in [0.5, 0.6) is 0 Å². The van der Waals surface area contributed by atoms with Crippen LogP contribution in [0.4, 0.5) is 0 Å². The second kappa shape index (κ2) is 6.68. The SMILES string of the molecule is CCS(=O)(=O)c1ccccc1C(=O)NC(C)c1nc2ccccc2[nH]1. The maximum absolute atomic E-state index is 12.6. The van der Waals surface area contributed by atoms with Crippen LogP contribution in [-0.2, 0) is 9.84 Å². The molecule has 130 valence electrons. The van der Waals surface area contributed by atoms with Gasteiger partial charge in [0.1, 0.15) is 5.82 Å². The number of hydrogen-bond donors (Lipinski definition) is 2. The Bertz CT molecular complexity index is 992. The first-order valence-corrected chi connectivity index (χ1v) is 9.65. The lowest BCUT2D eigenvalue weighted by Crippen LogP contribution is -2.28. The first-order valence-electron chi connectivity index (χ1n) is 7.99. The average molecular weight is 357 g/mol. The van der Waals surface area contributed by atoms with Gasteiger partial charge in [-0.2, -0.15) is 0 Å². The minimum absolute atomic E-state index is 0.0480. The van der Waals surface area contributed by atoms with Gasteiger partial charge < -0.3 is 10.3 Å². The Morgan fingerprint density at radius 2 is 1.84 bits per heavy atom. The zero-order chi connectivity index (χ0) is 18.0. The number of nitrogens with one attached hydrogen (secondary N) is 2. The summed E-state index contributed by atoms with van der Waals surface area (Å²) in [6.45, 7) is 3.35. The summed E-state index contributed by atoms with van der Waals surface area (Å²) < 4.78 is 24.4. The Balaban J connectivity index is 1.87. The quantitative estimate of drug-likeness (QED) is 0.734. The second-order valence-corrected chi connectivity index (χ2v) is 7.98. The van der Waals surface area contributed by atoms with Crippen molar-refractivity contribution in [1.82, 2.24) is 15.3 Å². The van der Waals surface area contributed by atoms with Crippen molar-refractivity contribution in [3.05, 3.63) is 59.9 Å². The van der Waals surface area contributed by atoms with Gasteiger partial charge >= 0.3 is 0 Å². The molecule has 1 amide bonds. The fourth-order valence-corrected chi connectivity index (χ4v) is 3.69. The van der Waals surface area contributed by atoms with Gasteiger partial charge in [-0.05, 0) is 31.2 Å². The third kappa shape index (κ3) is 3.41. The molecule has 1 aromatic heterocycles. The van der Waals surface area contributed by atoms with Crippen LogP contribution in [0, 0.1) is 0 Å². The van der Waals surface area contributed by atoms with Crippen molar-refractivity contribution >= 4 is 26.8 Å². The zero-order valence-electron chi connectivity index (χ0n) is 14.0. The molecule has 1 atom stereocenters. The number of aromatic nitrogens is 2. The molecule has 0 aliphatic heterocycles. The van der Waals surface area contributed by atoms with E-state index in [9.17, 15) is 13.2 Å². The zero-order valence-corrected chi connectivity index (χ0v) is 14.8. The normalized spacial score (nSPS) is 12.9. The highest BCUT2D eigenvalue weighted by molar-refractivity contribution is 7.91. The molecule has 3 aromatic rings.